The normalized spacial score (nSPS) is 13.6. The minimum Gasteiger partial charge on any atom is -0.487 e. The first-order valence-corrected chi connectivity index (χ1v) is 9.69. The van der Waals surface area contributed by atoms with Crippen LogP contribution in [-0.4, -0.2) is 15.2 Å². The highest BCUT2D eigenvalue weighted by molar-refractivity contribution is 7.17. The molecule has 5 nitrogen and oxygen atoms in total. The lowest BCUT2D eigenvalue weighted by atomic mass is 10.0. The van der Waals surface area contributed by atoms with E-state index in [1.54, 1.807) is 33.9 Å². The van der Waals surface area contributed by atoms with E-state index in [0.717, 1.165) is 31.4 Å². The molecule has 0 saturated carbocycles. The van der Waals surface area contributed by atoms with Crippen LogP contribution >= 0.6 is 22.9 Å². The van der Waals surface area contributed by atoms with Crippen LogP contribution in [0.2, 0.25) is 5.02 Å². The zero-order chi connectivity index (χ0) is 18.3. The summed E-state index contributed by atoms with van der Waals surface area (Å²) >= 11 is 7.54. The third-order valence-electron chi connectivity index (χ3n) is 4.51. The van der Waals surface area contributed by atoms with Crippen LogP contribution in [0, 0.1) is 0 Å². The molecule has 7 heteroatoms. The van der Waals surface area contributed by atoms with Gasteiger partial charge in [-0.25, -0.2) is 4.98 Å². The summed E-state index contributed by atoms with van der Waals surface area (Å²) in [4.78, 5) is 30.9. The molecule has 0 atom stereocenters. The maximum Gasteiger partial charge on any atom is 0.259 e. The minimum absolute atomic E-state index is 0.0732. The molecule has 134 valence electrons. The number of carbonyl (C=O) groups excluding carboxylic acids is 1. The second-order valence-electron chi connectivity index (χ2n) is 6.37. The number of hydrogen-bond acceptors (Lipinski definition) is 5. The van der Waals surface area contributed by atoms with E-state index in [4.69, 9.17) is 16.3 Å². The smallest absolute Gasteiger partial charge is 0.259 e. The van der Waals surface area contributed by atoms with Gasteiger partial charge in [0.2, 0.25) is 0 Å². The van der Waals surface area contributed by atoms with Gasteiger partial charge >= 0.3 is 0 Å². The maximum atomic E-state index is 12.6. The molecular weight excluding hydrogens is 372 g/mol. The Morgan fingerprint density at radius 2 is 2.12 bits per heavy atom. The summed E-state index contributed by atoms with van der Waals surface area (Å²) in [6, 6.07) is 6.42. The molecule has 26 heavy (non-hydrogen) atoms. The van der Waals surface area contributed by atoms with E-state index in [1.807, 2.05) is 0 Å². The molecule has 0 saturated heterocycles. The monoisotopic (exact) mass is 388 g/mol. The summed E-state index contributed by atoms with van der Waals surface area (Å²) in [6.07, 6.45) is 4.22. The molecule has 0 spiro atoms. The Hall–Kier alpha value is -2.18. The Kier molecular flexibility index (Phi) is 4.54. The van der Waals surface area contributed by atoms with Gasteiger partial charge in [0, 0.05) is 21.7 Å². The first-order chi connectivity index (χ1) is 12.5. The van der Waals surface area contributed by atoms with Crippen LogP contribution in [0.5, 0.6) is 5.75 Å². The van der Waals surface area contributed by atoms with E-state index in [2.05, 4.69) is 4.98 Å². The fraction of sp³-hybridized carbons (Fsp3) is 0.316. The molecule has 1 aliphatic carbocycles. The van der Waals surface area contributed by atoms with Gasteiger partial charge in [0.15, 0.2) is 10.7 Å². The number of aryl methyl sites for hydroxylation is 2. The van der Waals surface area contributed by atoms with Gasteiger partial charge in [-0.3, -0.25) is 14.0 Å². The first-order valence-electron chi connectivity index (χ1n) is 8.49. The molecule has 0 aliphatic heterocycles. The molecule has 0 radical (unpaired) electrons. The molecule has 1 aromatic carbocycles. The van der Waals surface area contributed by atoms with Gasteiger partial charge in [-0.2, -0.15) is 0 Å². The number of aromatic nitrogens is 2. The molecule has 0 amide bonds. The second kappa shape index (κ2) is 6.85. The summed E-state index contributed by atoms with van der Waals surface area (Å²) in [7, 11) is 0. The van der Waals surface area contributed by atoms with Crippen LogP contribution in [0.3, 0.4) is 0 Å². The predicted octanol–water partition coefficient (Wildman–Crippen LogP) is 4.07. The van der Waals surface area contributed by atoms with Gasteiger partial charge in [-0.05, 0) is 50.8 Å². The van der Waals surface area contributed by atoms with Crippen molar-refractivity contribution in [1.82, 2.24) is 9.38 Å². The van der Waals surface area contributed by atoms with E-state index in [1.165, 1.54) is 17.9 Å². The van der Waals surface area contributed by atoms with Crippen molar-refractivity contribution >= 4 is 33.7 Å². The number of hydrogen-bond donors (Lipinski definition) is 0. The number of halogens is 1. The van der Waals surface area contributed by atoms with Gasteiger partial charge in [0.25, 0.3) is 5.56 Å². The van der Waals surface area contributed by atoms with Crippen molar-refractivity contribution in [3.63, 3.8) is 0 Å². The van der Waals surface area contributed by atoms with Gasteiger partial charge in [0.1, 0.15) is 12.4 Å². The van der Waals surface area contributed by atoms with E-state index in [0.29, 0.717) is 27.0 Å². The van der Waals surface area contributed by atoms with Crippen LogP contribution < -0.4 is 10.3 Å². The Labute approximate surface area is 159 Å². The number of carbonyl (C=O) groups is 1. The first kappa shape index (κ1) is 17.2. The van der Waals surface area contributed by atoms with Crippen molar-refractivity contribution in [3.8, 4) is 5.75 Å². The van der Waals surface area contributed by atoms with Crippen molar-refractivity contribution < 1.29 is 9.53 Å². The SMILES string of the molecule is CC(=O)c1cc(Cl)ccc1OCc1cc(=O)n2c3c(sc2n1)CCCC3. The summed E-state index contributed by atoms with van der Waals surface area (Å²) in [6.45, 7) is 1.58. The van der Waals surface area contributed by atoms with Crippen molar-refractivity contribution in [2.75, 3.05) is 0 Å². The lowest BCUT2D eigenvalue weighted by molar-refractivity contribution is 0.101. The van der Waals surface area contributed by atoms with Crippen LogP contribution in [0.4, 0.5) is 0 Å². The molecule has 0 N–H and O–H groups in total. The molecule has 2 aromatic heterocycles. The van der Waals surface area contributed by atoms with Gasteiger partial charge in [-0.1, -0.05) is 11.6 Å². The Morgan fingerprint density at radius 3 is 2.92 bits per heavy atom. The summed E-state index contributed by atoms with van der Waals surface area (Å²) in [5, 5.41) is 0.476. The van der Waals surface area contributed by atoms with Crippen molar-refractivity contribution in [3.05, 3.63) is 61.5 Å². The maximum absolute atomic E-state index is 12.6. The van der Waals surface area contributed by atoms with E-state index >= 15 is 0 Å². The molecule has 4 rings (SSSR count). The Morgan fingerprint density at radius 1 is 1.31 bits per heavy atom. The van der Waals surface area contributed by atoms with Crippen LogP contribution in [0.1, 0.15) is 46.4 Å². The fourth-order valence-electron chi connectivity index (χ4n) is 3.27. The van der Waals surface area contributed by atoms with Crippen LogP contribution in [0.15, 0.2) is 29.1 Å². The lowest BCUT2D eigenvalue weighted by Crippen LogP contribution is -2.18. The molecular formula is C19H17ClN2O3S. The third-order valence-corrected chi connectivity index (χ3v) is 5.89. The number of benzene rings is 1. The summed E-state index contributed by atoms with van der Waals surface area (Å²) in [5.74, 6) is 0.311. The summed E-state index contributed by atoms with van der Waals surface area (Å²) in [5.41, 5.74) is 2.01. The number of Topliss-reactive ketones (excluding diaryl/α,β-unsaturated/α-hetero) is 1. The van der Waals surface area contributed by atoms with E-state index in [-0.39, 0.29) is 17.9 Å². The number of ether oxygens (including phenoxy) is 1. The largest absolute Gasteiger partial charge is 0.487 e. The zero-order valence-electron chi connectivity index (χ0n) is 14.3. The number of nitrogens with zero attached hydrogens (tertiary/aromatic N) is 2. The molecule has 0 bridgehead atoms. The van der Waals surface area contributed by atoms with Crippen molar-refractivity contribution in [2.24, 2.45) is 0 Å². The van der Waals surface area contributed by atoms with E-state index in [9.17, 15) is 9.59 Å². The predicted molar refractivity (Wildman–Crippen MR) is 102 cm³/mol. The number of ketones is 1. The molecule has 2 heterocycles. The topological polar surface area (TPSA) is 60.7 Å². The fourth-order valence-corrected chi connectivity index (χ4v) is 4.67. The van der Waals surface area contributed by atoms with Crippen molar-refractivity contribution in [2.45, 2.75) is 39.2 Å². The Bertz CT molecular complexity index is 1070. The Balaban J connectivity index is 1.65. The highest BCUT2D eigenvalue weighted by Gasteiger charge is 2.18. The number of thiazole rings is 1. The van der Waals surface area contributed by atoms with Gasteiger partial charge < -0.3 is 4.74 Å². The standard InChI is InChI=1S/C19H17ClN2O3S/c1-11(23)14-8-12(20)6-7-16(14)25-10-13-9-18(24)22-15-4-2-3-5-17(15)26-19(22)21-13/h6-9H,2-5,10H2,1H3. The number of rotatable bonds is 4. The minimum atomic E-state index is -0.128. The molecule has 1 aliphatic rings. The number of fused-ring (bicyclic) bond motifs is 3. The van der Waals surface area contributed by atoms with Gasteiger partial charge in [0.05, 0.1) is 11.3 Å². The molecule has 3 aromatic rings. The van der Waals surface area contributed by atoms with Gasteiger partial charge in [-0.15, -0.1) is 11.3 Å². The van der Waals surface area contributed by atoms with Crippen molar-refractivity contribution in [1.29, 1.82) is 0 Å². The van der Waals surface area contributed by atoms with E-state index < -0.39 is 0 Å². The third kappa shape index (κ3) is 3.15. The lowest BCUT2D eigenvalue weighted by Gasteiger charge is -2.11. The quantitative estimate of drug-likeness (QED) is 0.632. The average molecular weight is 389 g/mol. The zero-order valence-corrected chi connectivity index (χ0v) is 15.8. The second-order valence-corrected chi connectivity index (χ2v) is 7.87. The van der Waals surface area contributed by atoms with Crippen LogP contribution in [-0.2, 0) is 19.4 Å². The molecule has 0 unspecified atom stereocenters. The highest BCUT2D eigenvalue weighted by atomic mass is 35.5. The highest BCUT2D eigenvalue weighted by Crippen LogP contribution is 2.28. The van der Waals surface area contributed by atoms with Crippen LogP contribution in [0.25, 0.3) is 4.96 Å². The average Bonchev–Trinajstić information content (AvgIpc) is 2.99. The summed E-state index contributed by atoms with van der Waals surface area (Å²) < 4.78 is 7.49. The molecule has 0 fully saturated rings.